The van der Waals surface area contributed by atoms with Crippen molar-refractivity contribution in [3.63, 3.8) is 0 Å². The summed E-state index contributed by atoms with van der Waals surface area (Å²) in [4.78, 5) is 15.9. The molecule has 0 aliphatic rings. The molecule has 0 spiro atoms. The molecule has 16 heavy (non-hydrogen) atoms. The first-order valence-corrected chi connectivity index (χ1v) is 4.74. The third kappa shape index (κ3) is 2.09. The minimum atomic E-state index is -0.269. The molecule has 5 nitrogen and oxygen atoms in total. The zero-order chi connectivity index (χ0) is 11.4. The van der Waals surface area contributed by atoms with Crippen LogP contribution in [0.4, 0.5) is 0 Å². The van der Waals surface area contributed by atoms with Crippen LogP contribution < -0.4 is 5.48 Å². The predicted molar refractivity (Wildman–Crippen MR) is 58.0 cm³/mol. The van der Waals surface area contributed by atoms with E-state index in [4.69, 9.17) is 0 Å². The van der Waals surface area contributed by atoms with Gasteiger partial charge in [-0.05, 0) is 30.3 Å². The Labute approximate surface area is 92.6 Å². The molecule has 82 valence electrons. The maximum Gasteiger partial charge on any atom is 0.274 e. The van der Waals surface area contributed by atoms with Gasteiger partial charge in [0.05, 0.1) is 12.8 Å². The van der Waals surface area contributed by atoms with Crippen molar-refractivity contribution in [2.24, 2.45) is 0 Å². The van der Waals surface area contributed by atoms with Gasteiger partial charge in [-0.2, -0.15) is 5.10 Å². The average molecular weight is 217 g/mol. The largest absolute Gasteiger partial charge is 0.277 e. The van der Waals surface area contributed by atoms with Crippen LogP contribution in [0.3, 0.4) is 0 Å². The maximum absolute atomic E-state index is 11.4. The molecule has 1 heterocycles. The average Bonchev–Trinajstić information content (AvgIpc) is 2.83. The molecule has 0 atom stereocenters. The van der Waals surface area contributed by atoms with E-state index in [1.165, 1.54) is 7.11 Å². The van der Waals surface area contributed by atoms with Crippen molar-refractivity contribution >= 4 is 5.91 Å². The van der Waals surface area contributed by atoms with Gasteiger partial charge in [-0.15, -0.1) is 0 Å². The van der Waals surface area contributed by atoms with Crippen molar-refractivity contribution in [1.82, 2.24) is 15.3 Å². The van der Waals surface area contributed by atoms with E-state index >= 15 is 0 Å². The monoisotopic (exact) mass is 217 g/mol. The number of nitrogens with zero attached hydrogens (tertiary/aromatic N) is 2. The van der Waals surface area contributed by atoms with Gasteiger partial charge >= 0.3 is 0 Å². The number of aromatic nitrogens is 2. The van der Waals surface area contributed by atoms with Crippen LogP contribution in [0, 0.1) is 0 Å². The summed E-state index contributed by atoms with van der Waals surface area (Å²) in [5, 5.41) is 4.09. The number of amides is 1. The van der Waals surface area contributed by atoms with Gasteiger partial charge in [0.15, 0.2) is 0 Å². The number of benzene rings is 1. The fourth-order valence-electron chi connectivity index (χ4n) is 1.34. The molecule has 5 heteroatoms. The van der Waals surface area contributed by atoms with E-state index in [9.17, 15) is 4.79 Å². The summed E-state index contributed by atoms with van der Waals surface area (Å²) >= 11 is 0. The van der Waals surface area contributed by atoms with Crippen molar-refractivity contribution in [3.05, 3.63) is 48.3 Å². The first kappa shape index (κ1) is 10.4. The van der Waals surface area contributed by atoms with Gasteiger partial charge in [-0.3, -0.25) is 9.63 Å². The van der Waals surface area contributed by atoms with E-state index in [1.807, 2.05) is 24.4 Å². The lowest BCUT2D eigenvalue weighted by Gasteiger charge is -2.04. The number of hydroxylamine groups is 1. The van der Waals surface area contributed by atoms with Crippen LogP contribution in [0.2, 0.25) is 0 Å². The van der Waals surface area contributed by atoms with Crippen molar-refractivity contribution in [1.29, 1.82) is 0 Å². The van der Waals surface area contributed by atoms with E-state index in [0.29, 0.717) is 5.56 Å². The smallest absolute Gasteiger partial charge is 0.274 e. The van der Waals surface area contributed by atoms with Crippen molar-refractivity contribution < 1.29 is 9.63 Å². The van der Waals surface area contributed by atoms with E-state index in [0.717, 1.165) is 5.69 Å². The Hall–Kier alpha value is -2.14. The summed E-state index contributed by atoms with van der Waals surface area (Å²) in [7, 11) is 1.40. The Kier molecular flexibility index (Phi) is 2.98. The van der Waals surface area contributed by atoms with Gasteiger partial charge in [0.25, 0.3) is 5.91 Å². The van der Waals surface area contributed by atoms with Crippen molar-refractivity contribution in [2.45, 2.75) is 0 Å². The van der Waals surface area contributed by atoms with Crippen LogP contribution in [0.5, 0.6) is 0 Å². The van der Waals surface area contributed by atoms with Crippen LogP contribution in [0.1, 0.15) is 10.4 Å². The Morgan fingerprint density at radius 1 is 1.38 bits per heavy atom. The number of rotatable bonds is 3. The highest BCUT2D eigenvalue weighted by Gasteiger charge is 2.04. The highest BCUT2D eigenvalue weighted by molar-refractivity contribution is 5.93. The number of carbonyl (C=O) groups is 1. The van der Waals surface area contributed by atoms with E-state index < -0.39 is 0 Å². The summed E-state index contributed by atoms with van der Waals surface area (Å²) < 4.78 is 1.72. The normalized spacial score (nSPS) is 10.1. The standard InChI is InChI=1S/C11H11N3O2/c1-16-13-11(15)9-3-5-10(6-4-9)14-8-2-7-12-14/h2-8H,1H3,(H,13,15). The summed E-state index contributed by atoms with van der Waals surface area (Å²) in [6, 6.07) is 8.90. The van der Waals surface area contributed by atoms with E-state index in [-0.39, 0.29) is 5.91 Å². The zero-order valence-corrected chi connectivity index (χ0v) is 8.75. The molecule has 1 amide bonds. The van der Waals surface area contributed by atoms with Crippen LogP contribution in [-0.2, 0) is 4.84 Å². The SMILES string of the molecule is CONC(=O)c1ccc(-n2cccn2)cc1. The molecular formula is C11H11N3O2. The summed E-state index contributed by atoms with van der Waals surface area (Å²) in [6.45, 7) is 0. The summed E-state index contributed by atoms with van der Waals surface area (Å²) in [5.41, 5.74) is 3.70. The molecule has 0 saturated heterocycles. The molecule has 0 unspecified atom stereocenters. The molecule has 2 aromatic rings. The molecule has 0 aliphatic heterocycles. The predicted octanol–water partition coefficient (Wildman–Crippen LogP) is 1.16. The maximum atomic E-state index is 11.4. The lowest BCUT2D eigenvalue weighted by Crippen LogP contribution is -2.21. The van der Waals surface area contributed by atoms with E-state index in [2.05, 4.69) is 15.4 Å². The number of carbonyl (C=O) groups excluding carboxylic acids is 1. The third-order valence-corrected chi connectivity index (χ3v) is 2.09. The highest BCUT2D eigenvalue weighted by Crippen LogP contribution is 2.08. The highest BCUT2D eigenvalue weighted by atomic mass is 16.6. The lowest BCUT2D eigenvalue weighted by molar-refractivity contribution is 0.0537. The molecule has 0 bridgehead atoms. The van der Waals surface area contributed by atoms with Gasteiger partial charge in [-0.1, -0.05) is 0 Å². The minimum Gasteiger partial charge on any atom is -0.277 e. The summed E-state index contributed by atoms with van der Waals surface area (Å²) in [6.07, 6.45) is 3.54. The molecule has 0 saturated carbocycles. The molecule has 1 N–H and O–H groups in total. The van der Waals surface area contributed by atoms with Gasteiger partial charge in [0.2, 0.25) is 0 Å². The van der Waals surface area contributed by atoms with Gasteiger partial charge in [0.1, 0.15) is 0 Å². The molecule has 0 radical (unpaired) electrons. The molecule has 0 aliphatic carbocycles. The zero-order valence-electron chi connectivity index (χ0n) is 8.75. The van der Waals surface area contributed by atoms with Crippen LogP contribution in [0.25, 0.3) is 5.69 Å². The van der Waals surface area contributed by atoms with Gasteiger partial charge in [0, 0.05) is 18.0 Å². The number of nitrogens with one attached hydrogen (secondary N) is 1. The second-order valence-corrected chi connectivity index (χ2v) is 3.13. The second-order valence-electron chi connectivity index (χ2n) is 3.13. The van der Waals surface area contributed by atoms with Crippen molar-refractivity contribution in [2.75, 3.05) is 7.11 Å². The lowest BCUT2D eigenvalue weighted by atomic mass is 10.2. The Morgan fingerprint density at radius 3 is 2.69 bits per heavy atom. The second kappa shape index (κ2) is 4.59. The Bertz CT molecular complexity index is 462. The molecule has 1 aromatic heterocycles. The Balaban J connectivity index is 2.20. The first-order valence-electron chi connectivity index (χ1n) is 4.74. The van der Waals surface area contributed by atoms with E-state index in [1.54, 1.807) is 23.0 Å². The molecule has 2 rings (SSSR count). The van der Waals surface area contributed by atoms with Crippen LogP contribution in [0.15, 0.2) is 42.7 Å². The molecule has 1 aromatic carbocycles. The Morgan fingerprint density at radius 2 is 2.12 bits per heavy atom. The fraction of sp³-hybridized carbons (Fsp3) is 0.0909. The number of hydrogen-bond donors (Lipinski definition) is 1. The minimum absolute atomic E-state index is 0.269. The first-order chi connectivity index (χ1) is 7.81. The quantitative estimate of drug-likeness (QED) is 0.785. The topological polar surface area (TPSA) is 56.1 Å². The number of hydrogen-bond acceptors (Lipinski definition) is 3. The molecular weight excluding hydrogens is 206 g/mol. The van der Waals surface area contributed by atoms with Crippen LogP contribution in [-0.4, -0.2) is 22.8 Å². The molecule has 0 fully saturated rings. The third-order valence-electron chi connectivity index (χ3n) is 2.09. The van der Waals surface area contributed by atoms with Gasteiger partial charge in [-0.25, -0.2) is 10.2 Å². The summed E-state index contributed by atoms with van der Waals surface area (Å²) in [5.74, 6) is -0.269. The fourth-order valence-corrected chi connectivity index (χ4v) is 1.34. The van der Waals surface area contributed by atoms with Crippen LogP contribution >= 0.6 is 0 Å². The van der Waals surface area contributed by atoms with Gasteiger partial charge < -0.3 is 0 Å². The van der Waals surface area contributed by atoms with Crippen molar-refractivity contribution in [3.8, 4) is 5.69 Å².